The summed E-state index contributed by atoms with van der Waals surface area (Å²) in [4.78, 5) is 0. The van der Waals surface area contributed by atoms with E-state index in [9.17, 15) is 0 Å². The third kappa shape index (κ3) is 2.71. The van der Waals surface area contributed by atoms with Crippen LogP contribution in [0.25, 0.3) is 0 Å². The number of rotatable bonds is 3. The Morgan fingerprint density at radius 3 is 2.21 bits per heavy atom. The van der Waals surface area contributed by atoms with E-state index in [1.54, 1.807) is 0 Å². The van der Waals surface area contributed by atoms with Crippen LogP contribution in [0.2, 0.25) is 0 Å². The van der Waals surface area contributed by atoms with Crippen molar-refractivity contribution in [2.75, 3.05) is 20.6 Å². The first-order valence-electron chi connectivity index (χ1n) is 5.07. The molecule has 0 saturated heterocycles. The lowest BCUT2D eigenvalue weighted by Crippen LogP contribution is -2.40. The highest BCUT2D eigenvalue weighted by Gasteiger charge is 2.15. The standard InChI is InChI=1S/C13H20N/c1-5-6-11-14(3,4)13-9-7-12(2)8-10-13/h5-10H,11H2,1-4H3/q+1. The molecule has 0 aliphatic heterocycles. The zero-order valence-corrected chi connectivity index (χ0v) is 9.62. The summed E-state index contributed by atoms with van der Waals surface area (Å²) in [6.07, 6.45) is 4.31. The molecule has 0 radical (unpaired) electrons. The van der Waals surface area contributed by atoms with Gasteiger partial charge in [-0.3, -0.25) is 4.48 Å². The van der Waals surface area contributed by atoms with E-state index in [1.165, 1.54) is 11.3 Å². The fourth-order valence-corrected chi connectivity index (χ4v) is 1.42. The summed E-state index contributed by atoms with van der Waals surface area (Å²) < 4.78 is 0.907. The third-order valence-electron chi connectivity index (χ3n) is 2.53. The molecule has 0 unspecified atom stereocenters. The Hall–Kier alpha value is -1.08. The van der Waals surface area contributed by atoms with Gasteiger partial charge in [-0.2, -0.15) is 0 Å². The van der Waals surface area contributed by atoms with E-state index in [1.807, 2.05) is 0 Å². The molecule has 0 aliphatic rings. The molecule has 1 nitrogen and oxygen atoms in total. The minimum absolute atomic E-state index is 0.907. The molecule has 1 rings (SSSR count). The number of benzene rings is 1. The third-order valence-corrected chi connectivity index (χ3v) is 2.53. The first-order chi connectivity index (χ1) is 6.56. The van der Waals surface area contributed by atoms with Gasteiger partial charge < -0.3 is 0 Å². The number of hydrogen-bond acceptors (Lipinski definition) is 0. The molecule has 0 aromatic heterocycles. The number of quaternary nitrogens is 1. The molecule has 76 valence electrons. The van der Waals surface area contributed by atoms with Crippen molar-refractivity contribution in [3.05, 3.63) is 42.0 Å². The van der Waals surface area contributed by atoms with E-state index in [0.29, 0.717) is 0 Å². The summed E-state index contributed by atoms with van der Waals surface area (Å²) >= 11 is 0. The Morgan fingerprint density at radius 1 is 1.14 bits per heavy atom. The van der Waals surface area contributed by atoms with Crippen LogP contribution < -0.4 is 4.48 Å². The van der Waals surface area contributed by atoms with Gasteiger partial charge in [0, 0.05) is 0 Å². The molecular weight excluding hydrogens is 170 g/mol. The Kier molecular flexibility index (Phi) is 3.48. The van der Waals surface area contributed by atoms with Crippen LogP contribution in [0.3, 0.4) is 0 Å². The zero-order chi connectivity index (χ0) is 10.6. The van der Waals surface area contributed by atoms with Gasteiger partial charge in [0.25, 0.3) is 0 Å². The van der Waals surface area contributed by atoms with Crippen molar-refractivity contribution in [2.45, 2.75) is 13.8 Å². The Balaban J connectivity index is 2.86. The van der Waals surface area contributed by atoms with Crippen LogP contribution in [0.4, 0.5) is 5.69 Å². The number of nitrogens with zero attached hydrogens (tertiary/aromatic N) is 1. The molecule has 0 N–H and O–H groups in total. The second kappa shape index (κ2) is 4.43. The molecule has 0 spiro atoms. The summed E-state index contributed by atoms with van der Waals surface area (Å²) in [5.74, 6) is 0. The SMILES string of the molecule is CC=CC[N+](C)(C)c1ccc(C)cc1. The Labute approximate surface area is 87.3 Å². The summed E-state index contributed by atoms with van der Waals surface area (Å²) in [7, 11) is 4.45. The van der Waals surface area contributed by atoms with Crippen molar-refractivity contribution in [1.29, 1.82) is 0 Å². The fourth-order valence-electron chi connectivity index (χ4n) is 1.42. The number of hydrogen-bond donors (Lipinski definition) is 0. The molecular formula is C13H20N+. The lowest BCUT2D eigenvalue weighted by atomic mass is 10.2. The highest BCUT2D eigenvalue weighted by atomic mass is 15.3. The van der Waals surface area contributed by atoms with Gasteiger partial charge in [0.1, 0.15) is 12.2 Å². The van der Waals surface area contributed by atoms with Gasteiger partial charge in [-0.15, -0.1) is 0 Å². The van der Waals surface area contributed by atoms with Crippen LogP contribution in [0, 0.1) is 6.92 Å². The highest BCUT2D eigenvalue weighted by Crippen LogP contribution is 2.18. The second-order valence-electron chi connectivity index (χ2n) is 4.27. The van der Waals surface area contributed by atoms with Crippen molar-refractivity contribution >= 4 is 5.69 Å². The van der Waals surface area contributed by atoms with E-state index in [-0.39, 0.29) is 0 Å². The molecule has 0 heterocycles. The minimum Gasteiger partial charge on any atom is -0.293 e. The van der Waals surface area contributed by atoms with E-state index in [4.69, 9.17) is 0 Å². The molecule has 0 fully saturated rings. The van der Waals surface area contributed by atoms with Crippen LogP contribution >= 0.6 is 0 Å². The second-order valence-corrected chi connectivity index (χ2v) is 4.27. The maximum absolute atomic E-state index is 2.23. The van der Waals surface area contributed by atoms with Crippen molar-refractivity contribution in [3.8, 4) is 0 Å². The summed E-state index contributed by atoms with van der Waals surface area (Å²) in [5.41, 5.74) is 2.67. The molecule has 0 aliphatic carbocycles. The van der Waals surface area contributed by atoms with Crippen molar-refractivity contribution in [1.82, 2.24) is 4.48 Å². The van der Waals surface area contributed by atoms with Gasteiger partial charge >= 0.3 is 0 Å². The van der Waals surface area contributed by atoms with E-state index in [0.717, 1.165) is 11.0 Å². The minimum atomic E-state index is 0.907. The lowest BCUT2D eigenvalue weighted by molar-refractivity contribution is 0.441. The fraction of sp³-hybridized carbons (Fsp3) is 0.385. The first kappa shape index (κ1) is 11.0. The quantitative estimate of drug-likeness (QED) is 0.507. The zero-order valence-electron chi connectivity index (χ0n) is 9.62. The predicted molar refractivity (Wildman–Crippen MR) is 64.5 cm³/mol. The van der Waals surface area contributed by atoms with Gasteiger partial charge in [-0.05, 0) is 32.1 Å². The molecule has 1 aromatic rings. The summed E-state index contributed by atoms with van der Waals surface area (Å²) in [6, 6.07) is 8.76. The molecule has 0 saturated carbocycles. The topological polar surface area (TPSA) is 0 Å². The molecule has 14 heavy (non-hydrogen) atoms. The van der Waals surface area contributed by atoms with E-state index < -0.39 is 0 Å². The van der Waals surface area contributed by atoms with Gasteiger partial charge in [0.15, 0.2) is 0 Å². The highest BCUT2D eigenvalue weighted by molar-refractivity contribution is 5.43. The normalized spacial score (nSPS) is 12.3. The van der Waals surface area contributed by atoms with Crippen LogP contribution in [0.5, 0.6) is 0 Å². The average Bonchev–Trinajstić information content (AvgIpc) is 2.16. The maximum Gasteiger partial charge on any atom is 0.132 e. The van der Waals surface area contributed by atoms with Crippen molar-refractivity contribution in [2.24, 2.45) is 0 Å². The Morgan fingerprint density at radius 2 is 1.71 bits per heavy atom. The van der Waals surface area contributed by atoms with Crippen LogP contribution in [0.15, 0.2) is 36.4 Å². The molecule has 1 heteroatoms. The number of aryl methyl sites for hydroxylation is 1. The Bertz CT molecular complexity index is 307. The molecule has 1 aromatic carbocycles. The largest absolute Gasteiger partial charge is 0.293 e. The maximum atomic E-state index is 2.23. The van der Waals surface area contributed by atoms with Crippen molar-refractivity contribution < 1.29 is 0 Å². The van der Waals surface area contributed by atoms with Crippen LogP contribution in [-0.4, -0.2) is 20.6 Å². The first-order valence-corrected chi connectivity index (χ1v) is 5.07. The smallest absolute Gasteiger partial charge is 0.132 e. The van der Waals surface area contributed by atoms with Crippen LogP contribution in [0.1, 0.15) is 12.5 Å². The van der Waals surface area contributed by atoms with E-state index in [2.05, 4.69) is 64.4 Å². The van der Waals surface area contributed by atoms with Gasteiger partial charge in [-0.1, -0.05) is 23.8 Å². The summed E-state index contributed by atoms with van der Waals surface area (Å²) in [5, 5.41) is 0. The lowest BCUT2D eigenvalue weighted by Gasteiger charge is -2.27. The monoisotopic (exact) mass is 190 g/mol. The van der Waals surface area contributed by atoms with E-state index >= 15 is 0 Å². The molecule has 0 amide bonds. The van der Waals surface area contributed by atoms with Gasteiger partial charge in [0.2, 0.25) is 0 Å². The van der Waals surface area contributed by atoms with Gasteiger partial charge in [0.05, 0.1) is 14.1 Å². The van der Waals surface area contributed by atoms with Gasteiger partial charge in [-0.25, -0.2) is 0 Å². The predicted octanol–water partition coefficient (Wildman–Crippen LogP) is 3.14. The van der Waals surface area contributed by atoms with Crippen molar-refractivity contribution in [3.63, 3.8) is 0 Å². The van der Waals surface area contributed by atoms with Crippen LogP contribution in [-0.2, 0) is 0 Å². The average molecular weight is 190 g/mol. The molecule has 0 atom stereocenters. The number of allylic oxidation sites excluding steroid dienone is 1. The summed E-state index contributed by atoms with van der Waals surface area (Å²) in [6.45, 7) is 5.23. The molecule has 0 bridgehead atoms. The number of likely N-dealkylation sites (N-methyl/N-ethyl adjacent to an activating group) is 1.